The monoisotopic (exact) mass is 287 g/mol. The molecule has 1 nitrogen and oxygen atoms in total. The number of para-hydroxylation sites is 1. The molecule has 1 aromatic rings. The number of anilines is 1. The van der Waals surface area contributed by atoms with Crippen LogP contribution >= 0.6 is 11.8 Å². The summed E-state index contributed by atoms with van der Waals surface area (Å²) in [6.45, 7) is 3.82. The summed E-state index contributed by atoms with van der Waals surface area (Å²) in [5, 5.41) is 3.82. The largest absolute Gasteiger partial charge is 0.381 e. The van der Waals surface area contributed by atoms with Crippen LogP contribution in [0.5, 0.6) is 0 Å². The number of rotatable bonds is 6. The lowest BCUT2D eigenvalue weighted by atomic mass is 9.82. The van der Waals surface area contributed by atoms with Gasteiger partial charge in [0.15, 0.2) is 0 Å². The maximum absolute atomic E-state index is 3.82. The van der Waals surface area contributed by atoms with Gasteiger partial charge < -0.3 is 5.32 Å². The predicted molar refractivity (Wildman–Crippen MR) is 89.5 cm³/mol. The van der Waals surface area contributed by atoms with E-state index >= 15 is 0 Å². The fourth-order valence-corrected chi connectivity index (χ4v) is 4.19. The van der Waals surface area contributed by atoms with Crippen molar-refractivity contribution in [3.05, 3.63) is 36.9 Å². The first-order valence-corrected chi connectivity index (χ1v) is 8.94. The van der Waals surface area contributed by atoms with Crippen molar-refractivity contribution in [2.45, 2.75) is 49.5 Å². The Hall–Kier alpha value is -0.890. The van der Waals surface area contributed by atoms with E-state index in [9.17, 15) is 0 Å². The van der Waals surface area contributed by atoms with Crippen molar-refractivity contribution in [3.8, 4) is 0 Å². The number of thioether (sulfide) groups is 1. The maximum atomic E-state index is 3.82. The highest BCUT2D eigenvalue weighted by Crippen LogP contribution is 2.44. The maximum Gasteiger partial charge on any atom is 0.0480 e. The molecule has 0 bridgehead atoms. The quantitative estimate of drug-likeness (QED) is 0.559. The van der Waals surface area contributed by atoms with Crippen molar-refractivity contribution in [1.29, 1.82) is 0 Å². The summed E-state index contributed by atoms with van der Waals surface area (Å²) in [5.41, 5.74) is 1.32. The minimum absolute atomic E-state index is 0.680. The summed E-state index contributed by atoms with van der Waals surface area (Å²) in [4.78, 5) is 1.36. The molecule has 1 aromatic carbocycles. The predicted octanol–water partition coefficient (Wildman–Crippen LogP) is 5.35. The van der Waals surface area contributed by atoms with E-state index in [1.54, 1.807) is 0 Å². The van der Waals surface area contributed by atoms with Crippen molar-refractivity contribution in [1.82, 2.24) is 0 Å². The van der Waals surface area contributed by atoms with Gasteiger partial charge in [0.2, 0.25) is 0 Å². The van der Waals surface area contributed by atoms with Gasteiger partial charge >= 0.3 is 0 Å². The first-order valence-electron chi connectivity index (χ1n) is 7.96. The lowest BCUT2D eigenvalue weighted by Gasteiger charge is -2.31. The molecule has 108 valence electrons. The van der Waals surface area contributed by atoms with Gasteiger partial charge in [-0.3, -0.25) is 0 Å². The third kappa shape index (κ3) is 3.60. The molecule has 2 aliphatic carbocycles. The Morgan fingerprint density at radius 1 is 1.15 bits per heavy atom. The van der Waals surface area contributed by atoms with Gasteiger partial charge in [0.05, 0.1) is 0 Å². The number of hydrogen-bond donors (Lipinski definition) is 1. The second-order valence-corrected chi connectivity index (χ2v) is 7.26. The van der Waals surface area contributed by atoms with Gasteiger partial charge in [-0.05, 0) is 49.7 Å². The molecule has 20 heavy (non-hydrogen) atoms. The molecule has 2 heteroatoms. The van der Waals surface area contributed by atoms with Crippen LogP contribution in [0.1, 0.15) is 38.5 Å². The summed E-state index contributed by atoms with van der Waals surface area (Å²) in [6.07, 6.45) is 10.5. The molecule has 2 saturated carbocycles. The van der Waals surface area contributed by atoms with Crippen LogP contribution in [0.25, 0.3) is 0 Å². The molecular formula is C18H25NS. The zero-order valence-electron chi connectivity index (χ0n) is 12.2. The fraction of sp³-hybridized carbons (Fsp3) is 0.556. The average molecular weight is 287 g/mol. The summed E-state index contributed by atoms with van der Waals surface area (Å²) >= 11 is 1.87. The molecule has 0 spiro atoms. The summed E-state index contributed by atoms with van der Waals surface area (Å²) < 4.78 is 0. The first-order chi connectivity index (χ1) is 9.86. The highest BCUT2D eigenvalue weighted by atomic mass is 32.2. The molecule has 2 atom stereocenters. The lowest BCUT2D eigenvalue weighted by Crippen LogP contribution is -2.28. The molecule has 0 saturated heterocycles. The molecule has 1 N–H and O–H groups in total. The van der Waals surface area contributed by atoms with Gasteiger partial charge in [0.25, 0.3) is 0 Å². The average Bonchev–Trinajstić information content (AvgIpc) is 3.31. The van der Waals surface area contributed by atoms with Gasteiger partial charge in [-0.25, -0.2) is 0 Å². The van der Waals surface area contributed by atoms with E-state index < -0.39 is 0 Å². The van der Waals surface area contributed by atoms with Crippen LogP contribution in [-0.2, 0) is 0 Å². The van der Waals surface area contributed by atoms with Crippen molar-refractivity contribution in [2.24, 2.45) is 11.8 Å². The SMILES string of the molecule is C=CCSc1ccccc1NC1CCCC(C2CC2)C1. The third-order valence-corrected chi connectivity index (χ3v) is 5.68. The smallest absolute Gasteiger partial charge is 0.0480 e. The van der Waals surface area contributed by atoms with E-state index in [1.165, 1.54) is 49.1 Å². The Morgan fingerprint density at radius 3 is 2.80 bits per heavy atom. The van der Waals surface area contributed by atoms with Crippen LogP contribution in [0.4, 0.5) is 5.69 Å². The summed E-state index contributed by atoms with van der Waals surface area (Å²) in [5.74, 6) is 3.04. The molecular weight excluding hydrogens is 262 g/mol. The Labute approximate surface area is 127 Å². The molecule has 0 aromatic heterocycles. The molecule has 2 aliphatic rings. The Balaban J connectivity index is 1.62. The van der Waals surface area contributed by atoms with Gasteiger partial charge in [0.1, 0.15) is 0 Å². The van der Waals surface area contributed by atoms with Crippen LogP contribution in [0.15, 0.2) is 41.8 Å². The Bertz CT molecular complexity index is 452. The first kappa shape index (κ1) is 14.1. The second-order valence-electron chi connectivity index (χ2n) is 6.20. The number of benzene rings is 1. The molecule has 0 heterocycles. The molecule has 0 radical (unpaired) electrons. The summed E-state index contributed by atoms with van der Waals surface area (Å²) in [6, 6.07) is 9.40. The highest BCUT2D eigenvalue weighted by molar-refractivity contribution is 7.99. The minimum atomic E-state index is 0.680. The van der Waals surface area contributed by atoms with Gasteiger partial charge in [-0.15, -0.1) is 18.3 Å². The molecule has 0 amide bonds. The van der Waals surface area contributed by atoms with E-state index in [2.05, 4.69) is 36.2 Å². The second kappa shape index (κ2) is 6.71. The van der Waals surface area contributed by atoms with Crippen molar-refractivity contribution in [3.63, 3.8) is 0 Å². The van der Waals surface area contributed by atoms with E-state index in [4.69, 9.17) is 0 Å². The molecule has 2 unspecified atom stereocenters. The van der Waals surface area contributed by atoms with Crippen LogP contribution in [-0.4, -0.2) is 11.8 Å². The van der Waals surface area contributed by atoms with Crippen molar-refractivity contribution < 1.29 is 0 Å². The molecule has 3 rings (SSSR count). The summed E-state index contributed by atoms with van der Waals surface area (Å²) in [7, 11) is 0. The molecule has 0 aliphatic heterocycles. The van der Waals surface area contributed by atoms with Crippen molar-refractivity contribution in [2.75, 3.05) is 11.1 Å². The van der Waals surface area contributed by atoms with Crippen LogP contribution in [0, 0.1) is 11.8 Å². The van der Waals surface area contributed by atoms with Gasteiger partial charge in [0, 0.05) is 22.4 Å². The third-order valence-electron chi connectivity index (χ3n) is 4.61. The van der Waals surface area contributed by atoms with Gasteiger partial charge in [-0.2, -0.15) is 0 Å². The van der Waals surface area contributed by atoms with E-state index in [-0.39, 0.29) is 0 Å². The van der Waals surface area contributed by atoms with Gasteiger partial charge in [-0.1, -0.05) is 31.1 Å². The normalized spacial score (nSPS) is 26.2. The topological polar surface area (TPSA) is 12.0 Å². The Kier molecular flexibility index (Phi) is 4.72. The zero-order chi connectivity index (χ0) is 13.8. The lowest BCUT2D eigenvalue weighted by molar-refractivity contribution is 0.303. The van der Waals surface area contributed by atoms with Crippen LogP contribution in [0.3, 0.4) is 0 Å². The molecule has 2 fully saturated rings. The standard InChI is InChI=1S/C18H25NS/c1-2-12-20-18-9-4-3-8-17(18)19-16-7-5-6-15(13-16)14-10-11-14/h2-4,8-9,14-16,19H,1,5-7,10-13H2. The van der Waals surface area contributed by atoms with Crippen LogP contribution in [0.2, 0.25) is 0 Å². The van der Waals surface area contributed by atoms with E-state index in [1.807, 2.05) is 17.8 Å². The zero-order valence-corrected chi connectivity index (χ0v) is 13.0. The number of nitrogens with one attached hydrogen (secondary N) is 1. The number of hydrogen-bond acceptors (Lipinski definition) is 2. The van der Waals surface area contributed by atoms with Crippen LogP contribution < -0.4 is 5.32 Å². The fourth-order valence-electron chi connectivity index (χ4n) is 3.43. The van der Waals surface area contributed by atoms with Crippen molar-refractivity contribution >= 4 is 17.4 Å². The van der Waals surface area contributed by atoms with E-state index in [0.29, 0.717) is 6.04 Å². The Morgan fingerprint density at radius 2 is 2.00 bits per heavy atom. The highest BCUT2D eigenvalue weighted by Gasteiger charge is 2.34. The van der Waals surface area contributed by atoms with E-state index in [0.717, 1.165) is 17.6 Å². The minimum Gasteiger partial charge on any atom is -0.381 e.